The van der Waals surface area contributed by atoms with Crippen LogP contribution >= 0.6 is 0 Å². The van der Waals surface area contributed by atoms with E-state index in [0.717, 1.165) is 47.6 Å². The molecular weight excluding hydrogens is 1760 g/mol. The van der Waals surface area contributed by atoms with Crippen LogP contribution in [0.2, 0.25) is 0 Å². The number of Topliss-reactive ketones (excluding diaryl/α,β-unsaturated/α-hetero) is 4. The molecule has 0 aliphatic heterocycles. The number of esters is 2. The minimum absolute atomic E-state index is 0.0118. The van der Waals surface area contributed by atoms with Gasteiger partial charge in [-0.1, -0.05) is 103 Å². The van der Waals surface area contributed by atoms with Crippen molar-refractivity contribution in [2.24, 2.45) is 11.3 Å². The van der Waals surface area contributed by atoms with Crippen molar-refractivity contribution in [1.29, 1.82) is 0 Å². The molecule has 0 radical (unpaired) electrons. The number of rotatable bonds is 53. The summed E-state index contributed by atoms with van der Waals surface area (Å²) in [5, 5.41) is 95.5. The summed E-state index contributed by atoms with van der Waals surface area (Å²) >= 11 is 0. The lowest BCUT2D eigenvalue weighted by Crippen LogP contribution is -2.40. The zero-order valence-corrected chi connectivity index (χ0v) is 80.3. The average molecular weight is 1920 g/mol. The van der Waals surface area contributed by atoms with Gasteiger partial charge in [-0.2, -0.15) is 0 Å². The fourth-order valence-corrected chi connectivity index (χ4v) is 8.36. The molecule has 0 amide bonds. The predicted molar refractivity (Wildman–Crippen MR) is 534 cm³/mol. The Morgan fingerprint density at radius 1 is 0.296 bits per heavy atom. The van der Waals surface area contributed by atoms with E-state index in [1.54, 1.807) is 42.5 Å². The van der Waals surface area contributed by atoms with Crippen LogP contribution in [0.1, 0.15) is 97.9 Å². The van der Waals surface area contributed by atoms with Gasteiger partial charge in [0.15, 0.2) is 0 Å². The molecule has 1 aliphatic carbocycles. The van der Waals surface area contributed by atoms with Crippen molar-refractivity contribution in [3.8, 4) is 11.1 Å². The molecule has 1 aliphatic rings. The number of carbonyl (C=O) groups excluding carboxylic acids is 6. The highest BCUT2D eigenvalue weighted by Crippen LogP contribution is 2.44. The summed E-state index contributed by atoms with van der Waals surface area (Å²) in [6, 6.07) is 31.5. The number of hydrogen-bond donors (Lipinski definition) is 1. The largest absolute Gasteiger partial charge is 0.465 e. The van der Waals surface area contributed by atoms with Crippen LogP contribution in [0.4, 0.5) is 0 Å². The highest BCUT2D eigenvalue weighted by atomic mass is 18.0. The van der Waals surface area contributed by atoms with E-state index < -0.39 is 55.3 Å². The number of fused-ring (bicyclic) bond motifs is 3. The molecule has 4 aromatic rings. The molecule has 0 heterocycles. The first kappa shape index (κ1) is 172. The van der Waals surface area contributed by atoms with E-state index in [2.05, 4.69) is 436 Å². The van der Waals surface area contributed by atoms with Gasteiger partial charge in [-0.05, 0) is 169 Å². The van der Waals surface area contributed by atoms with Crippen molar-refractivity contribution in [3.05, 3.63) is 447 Å². The molecule has 0 saturated carbocycles. The normalized spacial score (nSPS) is 8.70. The van der Waals surface area contributed by atoms with Crippen LogP contribution in [0, 0.1) is 11.3 Å². The Bertz CT molecular complexity index is 2880. The second-order valence-electron chi connectivity index (χ2n) is 18.1. The van der Waals surface area contributed by atoms with E-state index in [4.69, 9.17) is 19.2 Å². The quantitative estimate of drug-likeness (QED) is 0.0141. The van der Waals surface area contributed by atoms with Gasteiger partial charge in [0.1, 0.15) is 36.3 Å². The monoisotopic (exact) mass is 1920 g/mol. The van der Waals surface area contributed by atoms with Crippen LogP contribution < -0.4 is 0 Å². The highest BCUT2D eigenvalue weighted by molar-refractivity contribution is 5.91. The molecule has 35 nitrogen and oxygen atoms in total. The number of carbonyl (C=O) groups is 6. The van der Waals surface area contributed by atoms with Gasteiger partial charge in [0, 0.05) is 69.6 Å². The van der Waals surface area contributed by atoms with Gasteiger partial charge in [-0.3, -0.25) is 28.8 Å². The lowest BCUT2D eigenvalue weighted by Gasteiger charge is -2.30. The summed E-state index contributed by atoms with van der Waals surface area (Å²) in [5.41, 5.74) is 4.43. The van der Waals surface area contributed by atoms with Crippen LogP contribution in [-0.4, -0.2) is 80.8 Å². The standard InChI is InChI=1S/C52H60O35.24C2H4/c1-60-66-70-74-78-82-86-84-80-76-72-68-64-35-52(36-65-69-73-77-81-85-87-83-79-75-71-67-61-2,31-43(56)15-11-20-50(58)62-33-48-46-18-8-6-16-44(46)45-17-7-9-19-47(45)48)34-63-51(59)21-10-14-41(54)30-40(28-37-12-4-3-5-13-37)49(57)27-26-42(55)29-38-22-24-39(32-53)25-23-38;24*1-2/h3-9,12-13,16-19,22-25,40,48,53H,10-11,14-15,20-21,26-36H2,1-2H3;24*1-2H2. The fourth-order valence-electron chi connectivity index (χ4n) is 8.36. The molecule has 4 aromatic carbocycles. The Hall–Kier alpha value is -12.8. The number of hydrogen-bond acceptors (Lipinski definition) is 35. The SMILES string of the molecule is C=C.C=C.C=C.C=C.C=C.C=C.C=C.C=C.C=C.C=C.C=C.C=C.C=C.C=C.C=C.C=C.C=C.C=C.C=C.C=C.C=C.C=C.C=C.C=C.COOOOOOOOOOOOOCC(COOOOOOOOOOOOOC)(COC(=O)CCCC(=O)CC(Cc1ccccc1)C(=O)CCC(=O)Cc1ccc(CO)cc1)CC(=O)CCCC(=O)OCC1c2ccccc2-c2ccccc21. The first-order valence-corrected chi connectivity index (χ1v) is 37.8. The molecule has 0 spiro atoms. The minimum atomic E-state index is -1.85. The molecule has 1 atom stereocenters. The van der Waals surface area contributed by atoms with Crippen molar-refractivity contribution < 1.29 is 174 Å². The molecule has 0 bridgehead atoms. The molecule has 0 aromatic heterocycles. The maximum atomic E-state index is 13.8. The van der Waals surface area contributed by atoms with Crippen LogP contribution in [0.3, 0.4) is 0 Å². The van der Waals surface area contributed by atoms with E-state index in [-0.39, 0.29) is 107 Å². The molecule has 1 unspecified atom stereocenters. The fraction of sp³-hybridized carbons (Fsp3) is 0.220. The van der Waals surface area contributed by atoms with Crippen LogP contribution in [0.25, 0.3) is 11.1 Å². The minimum Gasteiger partial charge on any atom is -0.465 e. The summed E-state index contributed by atoms with van der Waals surface area (Å²) in [5.74, 6) is -3.83. The molecular formula is C100H156O35. The van der Waals surface area contributed by atoms with Gasteiger partial charge in [-0.15, -0.1) is 316 Å². The van der Waals surface area contributed by atoms with Gasteiger partial charge in [0.2, 0.25) is 0 Å². The van der Waals surface area contributed by atoms with E-state index in [9.17, 15) is 33.9 Å². The lowest BCUT2D eigenvalue weighted by atomic mass is 9.84. The van der Waals surface area contributed by atoms with Crippen molar-refractivity contribution in [2.75, 3.05) is 40.6 Å². The Morgan fingerprint density at radius 3 is 0.911 bits per heavy atom. The summed E-state index contributed by atoms with van der Waals surface area (Å²) in [7, 11) is 2.13. The van der Waals surface area contributed by atoms with Crippen LogP contribution in [-0.2, 0) is 188 Å². The number of aliphatic hydroxyl groups excluding tert-OH is 1. The van der Waals surface area contributed by atoms with Gasteiger partial charge < -0.3 is 14.6 Å². The number of aliphatic hydroxyl groups is 1. The summed E-state index contributed by atoms with van der Waals surface area (Å²) < 4.78 is 11.3. The van der Waals surface area contributed by atoms with E-state index in [1.807, 2.05) is 60.7 Å². The Kier molecular flexibility index (Phi) is 222. The van der Waals surface area contributed by atoms with Gasteiger partial charge in [0.25, 0.3) is 0 Å². The number of ketones is 4. The van der Waals surface area contributed by atoms with Gasteiger partial charge in [0.05, 0.1) is 39.5 Å². The number of ether oxygens (including phenoxy) is 2. The summed E-state index contributed by atoms with van der Waals surface area (Å²) in [4.78, 5) is 98.3. The maximum absolute atomic E-state index is 13.8. The molecule has 135 heavy (non-hydrogen) atoms. The maximum Gasteiger partial charge on any atom is 0.305 e. The molecule has 5 rings (SSSR count). The zero-order chi connectivity index (χ0) is 110. The number of benzene rings is 4. The summed E-state index contributed by atoms with van der Waals surface area (Å²) in [6.45, 7) is 142. The van der Waals surface area contributed by atoms with Crippen LogP contribution in [0.5, 0.6) is 0 Å². The third kappa shape index (κ3) is 115. The third-order valence-corrected chi connectivity index (χ3v) is 12.2. The van der Waals surface area contributed by atoms with E-state index in [0.29, 0.717) is 5.56 Å². The molecule has 766 valence electrons. The van der Waals surface area contributed by atoms with Gasteiger partial charge in [-0.25, -0.2) is 19.6 Å². The Labute approximate surface area is 804 Å². The molecule has 35 heteroatoms. The lowest BCUT2D eigenvalue weighted by molar-refractivity contribution is -0.870. The second-order valence-corrected chi connectivity index (χ2v) is 18.1. The topological polar surface area (TPSA) is 381 Å². The third-order valence-electron chi connectivity index (χ3n) is 12.2. The predicted octanol–water partition coefficient (Wildman–Crippen LogP) is 25.5. The Balaban J connectivity index is -0.000000133. The second kappa shape index (κ2) is 174. The average Bonchev–Trinajstić information content (AvgIpc) is 1.62. The van der Waals surface area contributed by atoms with E-state index in [1.165, 1.54) is 0 Å². The molecule has 0 fully saturated rings. The van der Waals surface area contributed by atoms with Crippen molar-refractivity contribution in [3.63, 3.8) is 0 Å². The van der Waals surface area contributed by atoms with Crippen molar-refractivity contribution in [2.45, 2.75) is 89.6 Å². The first-order valence-electron chi connectivity index (χ1n) is 37.8. The smallest absolute Gasteiger partial charge is 0.305 e. The molecule has 0 saturated heterocycles. The van der Waals surface area contributed by atoms with Crippen molar-refractivity contribution >= 4 is 35.1 Å². The highest BCUT2D eigenvalue weighted by Gasteiger charge is 2.38. The first-order chi connectivity index (χ1) is 66.5. The Morgan fingerprint density at radius 2 is 0.585 bits per heavy atom. The van der Waals surface area contributed by atoms with Gasteiger partial charge >= 0.3 is 11.9 Å². The summed E-state index contributed by atoms with van der Waals surface area (Å²) in [6.07, 6.45) is -1.62. The van der Waals surface area contributed by atoms with Crippen molar-refractivity contribution in [1.82, 2.24) is 0 Å². The van der Waals surface area contributed by atoms with Crippen LogP contribution in [0.15, 0.2) is 419 Å². The zero-order valence-electron chi connectivity index (χ0n) is 80.3. The molecule has 1 N–H and O–H groups in total. The van der Waals surface area contributed by atoms with E-state index >= 15 is 0 Å².